The molecule has 0 radical (unpaired) electrons. The van der Waals surface area contributed by atoms with Gasteiger partial charge in [-0.3, -0.25) is 24.0 Å². The Morgan fingerprint density at radius 1 is 0.708 bits per heavy atom. The lowest BCUT2D eigenvalue weighted by Gasteiger charge is -1.99. The van der Waals surface area contributed by atoms with Crippen molar-refractivity contribution in [3.63, 3.8) is 0 Å². The zero-order valence-electron chi connectivity index (χ0n) is 12.9. The van der Waals surface area contributed by atoms with Gasteiger partial charge >= 0.3 is 17.9 Å². The van der Waals surface area contributed by atoms with E-state index in [0.29, 0.717) is 0 Å². The second kappa shape index (κ2) is 13.9. The summed E-state index contributed by atoms with van der Waals surface area (Å²) in [4.78, 5) is 49.4. The number of carbonyl (C=O) groups excluding carboxylic acids is 2. The predicted octanol–water partition coefficient (Wildman–Crippen LogP) is -4.03. The maximum atomic E-state index is 9.99. The summed E-state index contributed by atoms with van der Waals surface area (Å²) >= 11 is 0. The van der Waals surface area contributed by atoms with E-state index in [1.54, 1.807) is 0 Å². The SMILES string of the molecule is C[C@H](N)C(=O)O.NC(=O)C[C@H](N)C(=O)O.NC(=O)C[C@H](N)C(=O)O. The number of hydrogen-bond donors (Lipinski definition) is 8. The van der Waals surface area contributed by atoms with Crippen molar-refractivity contribution in [2.45, 2.75) is 37.9 Å². The lowest BCUT2D eigenvalue weighted by molar-refractivity contribution is -0.140. The summed E-state index contributed by atoms with van der Waals surface area (Å²) in [6.07, 6.45) is -0.620. The van der Waals surface area contributed by atoms with Gasteiger partial charge in [0.1, 0.15) is 18.1 Å². The van der Waals surface area contributed by atoms with Gasteiger partial charge in [0.2, 0.25) is 11.8 Å². The Bertz CT molecular complexity index is 422. The second-order valence-corrected chi connectivity index (χ2v) is 4.36. The normalized spacial score (nSPS) is 12.8. The summed E-state index contributed by atoms with van der Waals surface area (Å²) in [5.74, 6) is -4.80. The first-order valence-corrected chi connectivity index (χ1v) is 6.24. The molecule has 0 aromatic rings. The number of aliphatic carboxylic acids is 3. The van der Waals surface area contributed by atoms with Crippen LogP contribution in [0.15, 0.2) is 0 Å². The summed E-state index contributed by atoms with van der Waals surface area (Å²) in [6.45, 7) is 1.42. The Balaban J connectivity index is -0.000000282. The first-order chi connectivity index (χ1) is 10.7. The van der Waals surface area contributed by atoms with Gasteiger partial charge in [0.15, 0.2) is 0 Å². The minimum Gasteiger partial charge on any atom is -0.480 e. The molecule has 13 heteroatoms. The van der Waals surface area contributed by atoms with Crippen LogP contribution in [0.4, 0.5) is 0 Å². The van der Waals surface area contributed by atoms with Crippen LogP contribution < -0.4 is 28.7 Å². The van der Waals surface area contributed by atoms with Gasteiger partial charge in [-0.2, -0.15) is 0 Å². The van der Waals surface area contributed by atoms with E-state index in [2.05, 4.69) is 11.5 Å². The third kappa shape index (κ3) is 21.5. The van der Waals surface area contributed by atoms with Gasteiger partial charge < -0.3 is 44.0 Å². The quantitative estimate of drug-likeness (QED) is 0.218. The molecule has 0 aliphatic heterocycles. The molecule has 0 aromatic heterocycles. The molecule has 0 aromatic carbocycles. The van der Waals surface area contributed by atoms with Crippen molar-refractivity contribution in [1.82, 2.24) is 0 Å². The van der Waals surface area contributed by atoms with E-state index in [-0.39, 0.29) is 12.8 Å². The minimum absolute atomic E-state index is 0.310. The summed E-state index contributed by atoms with van der Waals surface area (Å²) < 4.78 is 0. The maximum absolute atomic E-state index is 9.99. The zero-order valence-corrected chi connectivity index (χ0v) is 12.9. The molecule has 0 fully saturated rings. The number of amides is 2. The first-order valence-electron chi connectivity index (χ1n) is 6.24. The molecule has 0 rings (SSSR count). The molecule has 13 nitrogen and oxygen atoms in total. The van der Waals surface area contributed by atoms with E-state index in [1.165, 1.54) is 6.92 Å². The average molecular weight is 353 g/mol. The van der Waals surface area contributed by atoms with E-state index in [9.17, 15) is 24.0 Å². The minimum atomic E-state index is -1.21. The summed E-state index contributed by atoms with van der Waals surface area (Å²) in [7, 11) is 0. The van der Waals surface area contributed by atoms with Gasteiger partial charge in [-0.15, -0.1) is 0 Å². The molecule has 0 unspecified atom stereocenters. The monoisotopic (exact) mass is 353 g/mol. The predicted molar refractivity (Wildman–Crippen MR) is 80.1 cm³/mol. The molecule has 0 heterocycles. The average Bonchev–Trinajstić information content (AvgIpc) is 2.38. The number of carboxylic acids is 3. The van der Waals surface area contributed by atoms with E-state index in [1.807, 2.05) is 0 Å². The van der Waals surface area contributed by atoms with Crippen molar-refractivity contribution in [1.29, 1.82) is 0 Å². The number of carboxylic acid groups (broad SMARTS) is 3. The van der Waals surface area contributed by atoms with Gasteiger partial charge in [-0.25, -0.2) is 0 Å². The van der Waals surface area contributed by atoms with Crippen LogP contribution in [-0.2, 0) is 24.0 Å². The fraction of sp³-hybridized carbons (Fsp3) is 0.545. The summed E-state index contributed by atoms with van der Waals surface area (Å²) in [6, 6.07) is -3.06. The van der Waals surface area contributed by atoms with Crippen molar-refractivity contribution < 1.29 is 39.3 Å². The van der Waals surface area contributed by atoms with Crippen LogP contribution in [-0.4, -0.2) is 63.2 Å². The van der Waals surface area contributed by atoms with Crippen molar-refractivity contribution in [3.8, 4) is 0 Å². The van der Waals surface area contributed by atoms with Crippen molar-refractivity contribution in [2.24, 2.45) is 28.7 Å². The van der Waals surface area contributed by atoms with E-state index >= 15 is 0 Å². The smallest absolute Gasteiger partial charge is 0.321 e. The molecular weight excluding hydrogens is 330 g/mol. The molecule has 0 spiro atoms. The Hall–Kier alpha value is -2.77. The number of hydrogen-bond acceptors (Lipinski definition) is 8. The first kappa shape index (κ1) is 26.1. The highest BCUT2D eigenvalue weighted by Crippen LogP contribution is 1.85. The van der Waals surface area contributed by atoms with Crippen molar-refractivity contribution in [3.05, 3.63) is 0 Å². The highest BCUT2D eigenvalue weighted by molar-refractivity contribution is 5.83. The molecule has 0 aliphatic rings. The van der Waals surface area contributed by atoms with Gasteiger partial charge in [-0.1, -0.05) is 0 Å². The summed E-state index contributed by atoms with van der Waals surface area (Å²) in [5.41, 5.74) is 24.0. The number of primary amides is 2. The molecule has 24 heavy (non-hydrogen) atoms. The summed E-state index contributed by atoms with van der Waals surface area (Å²) in [5, 5.41) is 24.1. The van der Waals surface area contributed by atoms with Crippen LogP contribution in [0.2, 0.25) is 0 Å². The fourth-order valence-corrected chi connectivity index (χ4v) is 0.608. The van der Waals surface area contributed by atoms with Crippen molar-refractivity contribution >= 4 is 29.7 Å². The third-order valence-electron chi connectivity index (χ3n) is 1.87. The van der Waals surface area contributed by atoms with Gasteiger partial charge in [0, 0.05) is 0 Å². The largest absolute Gasteiger partial charge is 0.480 e. The topological polar surface area (TPSA) is 276 Å². The molecule has 13 N–H and O–H groups in total. The molecular formula is C11H23N5O8. The standard InChI is InChI=1S/2C4H8N2O3.C3H7NO2/c2*5-2(4(8)9)1-3(6)7;1-2(4)3(5)6/h2*2H,1,5H2,(H2,6,7)(H,8,9);2H,4H2,1H3,(H,5,6)/t3*2-/m000/s1. The van der Waals surface area contributed by atoms with Gasteiger partial charge in [-0.05, 0) is 6.92 Å². The Morgan fingerprint density at radius 3 is 0.958 bits per heavy atom. The Kier molecular flexibility index (Phi) is 15.1. The van der Waals surface area contributed by atoms with E-state index < -0.39 is 47.8 Å². The van der Waals surface area contributed by atoms with Crippen LogP contribution >= 0.6 is 0 Å². The highest BCUT2D eigenvalue weighted by atomic mass is 16.4. The molecule has 0 saturated heterocycles. The second-order valence-electron chi connectivity index (χ2n) is 4.36. The van der Waals surface area contributed by atoms with Crippen LogP contribution in [0.25, 0.3) is 0 Å². The molecule has 0 bridgehead atoms. The number of carbonyl (C=O) groups is 5. The van der Waals surface area contributed by atoms with Crippen LogP contribution in [0, 0.1) is 0 Å². The fourth-order valence-electron chi connectivity index (χ4n) is 0.608. The van der Waals surface area contributed by atoms with E-state index in [0.717, 1.165) is 0 Å². The van der Waals surface area contributed by atoms with Crippen LogP contribution in [0.5, 0.6) is 0 Å². The van der Waals surface area contributed by atoms with Crippen LogP contribution in [0.3, 0.4) is 0 Å². The lowest BCUT2D eigenvalue weighted by Crippen LogP contribution is -2.34. The highest BCUT2D eigenvalue weighted by Gasteiger charge is 2.13. The molecule has 140 valence electrons. The van der Waals surface area contributed by atoms with E-state index in [4.69, 9.17) is 32.5 Å². The lowest BCUT2D eigenvalue weighted by atomic mass is 10.2. The molecule has 3 atom stereocenters. The van der Waals surface area contributed by atoms with Gasteiger partial charge in [0.25, 0.3) is 0 Å². The Labute approximate surface area is 136 Å². The van der Waals surface area contributed by atoms with Crippen molar-refractivity contribution in [2.75, 3.05) is 0 Å². The zero-order chi connectivity index (χ0) is 20.0. The Morgan fingerprint density at radius 2 is 0.917 bits per heavy atom. The molecule has 0 saturated carbocycles. The third-order valence-corrected chi connectivity index (χ3v) is 1.87. The van der Waals surface area contributed by atoms with Crippen LogP contribution in [0.1, 0.15) is 19.8 Å². The molecule has 0 aliphatic carbocycles. The number of nitrogens with two attached hydrogens (primary N) is 5. The number of rotatable bonds is 7. The molecule has 2 amide bonds. The van der Waals surface area contributed by atoms with Gasteiger partial charge in [0.05, 0.1) is 12.8 Å². The maximum Gasteiger partial charge on any atom is 0.321 e.